The smallest absolute Gasteiger partial charge is 0.124 e. The number of halogens is 2. The van der Waals surface area contributed by atoms with E-state index in [1.807, 2.05) is 0 Å². The molecule has 100 valence electrons. The van der Waals surface area contributed by atoms with Crippen molar-refractivity contribution in [2.75, 3.05) is 13.1 Å². The second-order valence-electron chi connectivity index (χ2n) is 5.53. The molecule has 0 radical (unpaired) electrons. The lowest BCUT2D eigenvalue weighted by molar-refractivity contribution is 0.119. The number of rotatable bonds is 3. The fourth-order valence-electron chi connectivity index (χ4n) is 2.90. The Kier molecular flexibility index (Phi) is 3.95. The molecule has 1 fully saturated rings. The topological polar surface area (TPSA) is 29.3 Å². The van der Waals surface area contributed by atoms with Crippen LogP contribution in [-0.4, -0.2) is 23.5 Å². The third-order valence-electron chi connectivity index (χ3n) is 3.89. The van der Waals surface area contributed by atoms with Gasteiger partial charge in [-0.05, 0) is 50.9 Å². The maximum absolute atomic E-state index is 13.1. The molecule has 2 N–H and O–H groups in total. The first-order valence-electron chi connectivity index (χ1n) is 6.37. The van der Waals surface area contributed by atoms with Gasteiger partial charge in [-0.1, -0.05) is 17.7 Å². The fourth-order valence-corrected chi connectivity index (χ4v) is 3.19. The summed E-state index contributed by atoms with van der Waals surface area (Å²) < 4.78 is 13.1. The van der Waals surface area contributed by atoms with Crippen molar-refractivity contribution in [3.8, 4) is 0 Å². The van der Waals surface area contributed by atoms with Crippen molar-refractivity contribution in [1.29, 1.82) is 0 Å². The summed E-state index contributed by atoms with van der Waals surface area (Å²) in [5.41, 5.74) is 6.97. The van der Waals surface area contributed by atoms with Crippen LogP contribution >= 0.6 is 11.6 Å². The molecule has 1 aromatic rings. The van der Waals surface area contributed by atoms with Crippen molar-refractivity contribution in [3.05, 3.63) is 34.6 Å². The third-order valence-corrected chi connectivity index (χ3v) is 4.21. The molecule has 0 spiro atoms. The molecule has 1 heterocycles. The van der Waals surface area contributed by atoms with Gasteiger partial charge in [0.2, 0.25) is 0 Å². The Labute approximate surface area is 113 Å². The van der Waals surface area contributed by atoms with Gasteiger partial charge >= 0.3 is 0 Å². The van der Waals surface area contributed by atoms with Crippen LogP contribution in [0.1, 0.15) is 38.3 Å². The average Bonchev–Trinajstić information content (AvgIpc) is 2.63. The molecule has 0 amide bonds. The van der Waals surface area contributed by atoms with E-state index in [2.05, 4.69) is 18.7 Å². The number of nitrogens with zero attached hydrogens (tertiary/aromatic N) is 1. The lowest BCUT2D eigenvalue weighted by Gasteiger charge is -2.38. The Hall–Kier alpha value is -0.640. The molecule has 2 rings (SSSR count). The van der Waals surface area contributed by atoms with Crippen molar-refractivity contribution < 1.29 is 4.39 Å². The summed E-state index contributed by atoms with van der Waals surface area (Å²) in [7, 11) is 0. The third kappa shape index (κ3) is 2.53. The van der Waals surface area contributed by atoms with Gasteiger partial charge in [0.1, 0.15) is 5.82 Å². The summed E-state index contributed by atoms with van der Waals surface area (Å²) in [4.78, 5) is 2.38. The number of benzene rings is 1. The molecule has 0 aromatic heterocycles. The second kappa shape index (κ2) is 5.16. The predicted molar refractivity (Wildman–Crippen MR) is 73.2 cm³/mol. The van der Waals surface area contributed by atoms with Gasteiger partial charge in [0.25, 0.3) is 0 Å². The highest BCUT2D eigenvalue weighted by Gasteiger charge is 2.37. The molecule has 1 saturated heterocycles. The van der Waals surface area contributed by atoms with Crippen LogP contribution in [-0.2, 0) is 0 Å². The molecular weight excluding hydrogens is 251 g/mol. The van der Waals surface area contributed by atoms with Gasteiger partial charge in [-0.2, -0.15) is 0 Å². The standard InChI is InChI=1S/C14H20ClFN2/c1-14(2)6-3-7-18(14)13(9-17)11-5-4-10(16)8-12(11)15/h4-5,8,13H,3,6-7,9,17H2,1-2H3. The first-order chi connectivity index (χ1) is 8.45. The average molecular weight is 271 g/mol. The van der Waals surface area contributed by atoms with Gasteiger partial charge in [0.15, 0.2) is 0 Å². The van der Waals surface area contributed by atoms with E-state index < -0.39 is 0 Å². The van der Waals surface area contributed by atoms with Crippen molar-refractivity contribution >= 4 is 11.6 Å². The van der Waals surface area contributed by atoms with E-state index >= 15 is 0 Å². The molecule has 4 heteroatoms. The predicted octanol–water partition coefficient (Wildman–Crippen LogP) is 3.35. The van der Waals surface area contributed by atoms with Crippen molar-refractivity contribution in [2.45, 2.75) is 38.3 Å². The Balaban J connectivity index is 2.33. The maximum Gasteiger partial charge on any atom is 0.124 e. The van der Waals surface area contributed by atoms with Gasteiger partial charge < -0.3 is 5.73 Å². The van der Waals surface area contributed by atoms with Crippen LogP contribution in [0.5, 0.6) is 0 Å². The molecule has 1 atom stereocenters. The number of likely N-dealkylation sites (tertiary alicyclic amines) is 1. The normalized spacial score (nSPS) is 21.2. The van der Waals surface area contributed by atoms with Crippen molar-refractivity contribution in [3.63, 3.8) is 0 Å². The quantitative estimate of drug-likeness (QED) is 0.913. The fraction of sp³-hybridized carbons (Fsp3) is 0.571. The van der Waals surface area contributed by atoms with Gasteiger partial charge in [0, 0.05) is 23.1 Å². The van der Waals surface area contributed by atoms with E-state index in [1.54, 1.807) is 6.07 Å². The minimum Gasteiger partial charge on any atom is -0.329 e. The van der Waals surface area contributed by atoms with Crippen LogP contribution in [0.3, 0.4) is 0 Å². The largest absolute Gasteiger partial charge is 0.329 e. The Bertz CT molecular complexity index is 434. The van der Waals surface area contributed by atoms with Crippen LogP contribution in [0, 0.1) is 5.82 Å². The van der Waals surface area contributed by atoms with Crippen LogP contribution in [0.15, 0.2) is 18.2 Å². The maximum atomic E-state index is 13.1. The molecule has 2 nitrogen and oxygen atoms in total. The summed E-state index contributed by atoms with van der Waals surface area (Å²) in [6, 6.07) is 4.63. The van der Waals surface area contributed by atoms with Gasteiger partial charge in [-0.25, -0.2) is 4.39 Å². The summed E-state index contributed by atoms with van der Waals surface area (Å²) in [5.74, 6) is -0.305. The first kappa shape index (κ1) is 13.8. The SMILES string of the molecule is CC1(C)CCCN1C(CN)c1ccc(F)cc1Cl. The Morgan fingerprint density at radius 2 is 2.22 bits per heavy atom. The van der Waals surface area contributed by atoms with E-state index in [9.17, 15) is 4.39 Å². The first-order valence-corrected chi connectivity index (χ1v) is 6.75. The van der Waals surface area contributed by atoms with Gasteiger partial charge in [-0.3, -0.25) is 4.90 Å². The van der Waals surface area contributed by atoms with Gasteiger partial charge in [0.05, 0.1) is 0 Å². The van der Waals surface area contributed by atoms with E-state index in [0.29, 0.717) is 11.6 Å². The molecule has 1 aliphatic rings. The van der Waals surface area contributed by atoms with E-state index in [-0.39, 0.29) is 17.4 Å². The zero-order chi connectivity index (χ0) is 13.3. The van der Waals surface area contributed by atoms with E-state index in [0.717, 1.165) is 18.5 Å². The molecule has 0 saturated carbocycles. The summed E-state index contributed by atoms with van der Waals surface area (Å²) in [6.45, 7) is 5.96. The van der Waals surface area contributed by atoms with Crippen LogP contribution in [0.4, 0.5) is 4.39 Å². The minimum absolute atomic E-state index is 0.0654. The van der Waals surface area contributed by atoms with E-state index in [4.69, 9.17) is 17.3 Å². The number of hydrogen-bond donors (Lipinski definition) is 1. The summed E-state index contributed by atoms with van der Waals surface area (Å²) >= 11 is 6.15. The molecule has 0 bridgehead atoms. The zero-order valence-corrected chi connectivity index (χ0v) is 11.7. The van der Waals surface area contributed by atoms with Crippen LogP contribution in [0.25, 0.3) is 0 Å². The lowest BCUT2D eigenvalue weighted by Crippen LogP contribution is -2.43. The summed E-state index contributed by atoms with van der Waals surface area (Å²) in [5, 5.41) is 0.466. The monoisotopic (exact) mass is 270 g/mol. The second-order valence-corrected chi connectivity index (χ2v) is 5.93. The molecular formula is C14H20ClFN2. The highest BCUT2D eigenvalue weighted by Crippen LogP contribution is 2.38. The van der Waals surface area contributed by atoms with Crippen LogP contribution < -0.4 is 5.73 Å². The highest BCUT2D eigenvalue weighted by atomic mass is 35.5. The number of nitrogens with two attached hydrogens (primary N) is 1. The molecule has 1 unspecified atom stereocenters. The zero-order valence-electron chi connectivity index (χ0n) is 10.9. The molecule has 1 aromatic carbocycles. The molecule has 1 aliphatic heterocycles. The summed E-state index contributed by atoms with van der Waals surface area (Å²) in [6.07, 6.45) is 2.32. The Morgan fingerprint density at radius 1 is 1.50 bits per heavy atom. The molecule has 0 aliphatic carbocycles. The van der Waals surface area contributed by atoms with Gasteiger partial charge in [-0.15, -0.1) is 0 Å². The van der Waals surface area contributed by atoms with Crippen molar-refractivity contribution in [2.24, 2.45) is 5.73 Å². The van der Waals surface area contributed by atoms with E-state index in [1.165, 1.54) is 18.6 Å². The van der Waals surface area contributed by atoms with Crippen LogP contribution in [0.2, 0.25) is 5.02 Å². The minimum atomic E-state index is -0.305. The number of hydrogen-bond acceptors (Lipinski definition) is 2. The Morgan fingerprint density at radius 3 is 2.72 bits per heavy atom. The lowest BCUT2D eigenvalue weighted by atomic mass is 9.97. The molecule has 18 heavy (non-hydrogen) atoms. The van der Waals surface area contributed by atoms with Crippen molar-refractivity contribution in [1.82, 2.24) is 4.90 Å². The highest BCUT2D eigenvalue weighted by molar-refractivity contribution is 6.31.